The molecule has 0 aromatic carbocycles. The van der Waals surface area contributed by atoms with E-state index in [0.717, 1.165) is 24.5 Å². The highest BCUT2D eigenvalue weighted by molar-refractivity contribution is 7.11. The van der Waals surface area contributed by atoms with Crippen molar-refractivity contribution >= 4 is 11.3 Å². The van der Waals surface area contributed by atoms with Gasteiger partial charge >= 0.3 is 0 Å². The number of aromatic nitrogens is 2. The second-order valence-electron chi connectivity index (χ2n) is 3.68. The molecule has 1 rings (SSSR count). The van der Waals surface area contributed by atoms with Crippen LogP contribution < -0.4 is 5.32 Å². The SMILES string of the molecule is CCCCCCc1nnc(CNCC)s1. The Labute approximate surface area is 96.3 Å². The lowest BCUT2D eigenvalue weighted by atomic mass is 10.2. The van der Waals surface area contributed by atoms with E-state index in [2.05, 4.69) is 29.4 Å². The van der Waals surface area contributed by atoms with E-state index in [9.17, 15) is 0 Å². The van der Waals surface area contributed by atoms with E-state index in [1.165, 1.54) is 30.7 Å². The van der Waals surface area contributed by atoms with E-state index in [4.69, 9.17) is 0 Å². The fourth-order valence-electron chi connectivity index (χ4n) is 1.40. The van der Waals surface area contributed by atoms with E-state index in [1.54, 1.807) is 11.3 Å². The van der Waals surface area contributed by atoms with Crippen molar-refractivity contribution in [3.05, 3.63) is 10.0 Å². The summed E-state index contributed by atoms with van der Waals surface area (Å²) < 4.78 is 0. The number of unbranched alkanes of at least 4 members (excludes halogenated alkanes) is 3. The minimum Gasteiger partial charge on any atom is -0.311 e. The summed E-state index contributed by atoms with van der Waals surface area (Å²) in [7, 11) is 0. The van der Waals surface area contributed by atoms with Crippen molar-refractivity contribution in [3.63, 3.8) is 0 Å². The molecular formula is C11H21N3S. The Kier molecular flexibility index (Phi) is 6.52. The number of hydrogen-bond donors (Lipinski definition) is 1. The van der Waals surface area contributed by atoms with E-state index in [0.29, 0.717) is 0 Å². The Morgan fingerprint density at radius 1 is 1.07 bits per heavy atom. The highest BCUT2D eigenvalue weighted by Crippen LogP contribution is 2.13. The largest absolute Gasteiger partial charge is 0.311 e. The third-order valence-electron chi connectivity index (χ3n) is 2.28. The minimum absolute atomic E-state index is 0.864. The predicted molar refractivity (Wildman–Crippen MR) is 65.1 cm³/mol. The van der Waals surface area contributed by atoms with E-state index >= 15 is 0 Å². The average Bonchev–Trinajstić information content (AvgIpc) is 2.69. The van der Waals surface area contributed by atoms with Gasteiger partial charge in [-0.3, -0.25) is 0 Å². The fourth-order valence-corrected chi connectivity index (χ4v) is 2.25. The summed E-state index contributed by atoms with van der Waals surface area (Å²) in [5.41, 5.74) is 0. The number of rotatable bonds is 8. The van der Waals surface area contributed by atoms with Crippen LogP contribution in [0.15, 0.2) is 0 Å². The van der Waals surface area contributed by atoms with Gasteiger partial charge in [-0.15, -0.1) is 21.5 Å². The molecule has 0 spiro atoms. The third kappa shape index (κ3) is 5.23. The van der Waals surface area contributed by atoms with Crippen molar-refractivity contribution in [3.8, 4) is 0 Å². The molecule has 1 aromatic heterocycles. The molecule has 0 saturated heterocycles. The molecule has 0 bridgehead atoms. The molecule has 0 radical (unpaired) electrons. The number of hydrogen-bond acceptors (Lipinski definition) is 4. The van der Waals surface area contributed by atoms with Crippen LogP contribution in [-0.2, 0) is 13.0 Å². The molecule has 0 unspecified atom stereocenters. The molecule has 0 aliphatic heterocycles. The maximum atomic E-state index is 4.20. The van der Waals surface area contributed by atoms with Crippen LogP contribution in [0.25, 0.3) is 0 Å². The maximum Gasteiger partial charge on any atom is 0.131 e. The standard InChI is InChI=1S/C11H21N3S/c1-3-5-6-7-8-10-13-14-11(15-10)9-12-4-2/h12H,3-9H2,1-2H3. The molecule has 0 amide bonds. The molecule has 86 valence electrons. The highest BCUT2D eigenvalue weighted by Gasteiger charge is 2.02. The van der Waals surface area contributed by atoms with Gasteiger partial charge in [0.2, 0.25) is 0 Å². The first-order valence-corrected chi connectivity index (χ1v) is 6.70. The highest BCUT2D eigenvalue weighted by atomic mass is 32.1. The first kappa shape index (κ1) is 12.6. The van der Waals surface area contributed by atoms with E-state index in [1.807, 2.05) is 0 Å². The van der Waals surface area contributed by atoms with Crippen LogP contribution in [0.1, 0.15) is 49.5 Å². The molecule has 1 heterocycles. The molecular weight excluding hydrogens is 206 g/mol. The molecule has 0 fully saturated rings. The van der Waals surface area contributed by atoms with Crippen LogP contribution in [0, 0.1) is 0 Å². The molecule has 1 N–H and O–H groups in total. The van der Waals surface area contributed by atoms with Gasteiger partial charge < -0.3 is 5.32 Å². The van der Waals surface area contributed by atoms with Crippen LogP contribution >= 0.6 is 11.3 Å². The van der Waals surface area contributed by atoms with Crippen molar-refractivity contribution in [1.82, 2.24) is 15.5 Å². The molecule has 0 aliphatic carbocycles. The number of nitrogens with one attached hydrogen (secondary N) is 1. The van der Waals surface area contributed by atoms with Crippen molar-refractivity contribution in [2.24, 2.45) is 0 Å². The van der Waals surface area contributed by atoms with Gasteiger partial charge in [0.05, 0.1) is 0 Å². The summed E-state index contributed by atoms with van der Waals surface area (Å²) in [6.45, 7) is 6.20. The monoisotopic (exact) mass is 227 g/mol. The van der Waals surface area contributed by atoms with Gasteiger partial charge in [0.15, 0.2) is 0 Å². The zero-order valence-corrected chi connectivity index (χ0v) is 10.6. The third-order valence-corrected chi connectivity index (χ3v) is 3.26. The lowest BCUT2D eigenvalue weighted by Crippen LogP contribution is -2.11. The molecule has 1 aromatic rings. The molecule has 3 nitrogen and oxygen atoms in total. The summed E-state index contributed by atoms with van der Waals surface area (Å²) in [6, 6.07) is 0. The Morgan fingerprint density at radius 3 is 2.60 bits per heavy atom. The summed E-state index contributed by atoms with van der Waals surface area (Å²) in [5, 5.41) is 13.9. The quantitative estimate of drug-likeness (QED) is 0.694. The Hall–Kier alpha value is -0.480. The first-order valence-electron chi connectivity index (χ1n) is 5.88. The van der Waals surface area contributed by atoms with Crippen LogP contribution in [0.2, 0.25) is 0 Å². The van der Waals surface area contributed by atoms with Gasteiger partial charge in [-0.1, -0.05) is 33.1 Å². The average molecular weight is 227 g/mol. The summed E-state index contributed by atoms with van der Waals surface area (Å²) >= 11 is 1.75. The zero-order chi connectivity index (χ0) is 10.9. The van der Waals surface area contributed by atoms with Crippen molar-refractivity contribution in [2.45, 2.75) is 52.5 Å². The van der Waals surface area contributed by atoms with Crippen LogP contribution in [0.4, 0.5) is 0 Å². The van der Waals surface area contributed by atoms with E-state index < -0.39 is 0 Å². The second kappa shape index (κ2) is 7.77. The van der Waals surface area contributed by atoms with Gasteiger partial charge in [-0.05, 0) is 13.0 Å². The van der Waals surface area contributed by atoms with E-state index in [-0.39, 0.29) is 0 Å². The minimum atomic E-state index is 0.864. The fraction of sp³-hybridized carbons (Fsp3) is 0.818. The lowest BCUT2D eigenvalue weighted by molar-refractivity contribution is 0.662. The van der Waals surface area contributed by atoms with Crippen molar-refractivity contribution in [2.75, 3.05) is 6.54 Å². The Bertz CT molecular complexity index is 260. The smallest absolute Gasteiger partial charge is 0.131 e. The number of nitrogens with zero attached hydrogens (tertiary/aromatic N) is 2. The lowest BCUT2D eigenvalue weighted by Gasteiger charge is -1.95. The molecule has 15 heavy (non-hydrogen) atoms. The van der Waals surface area contributed by atoms with Crippen molar-refractivity contribution in [1.29, 1.82) is 0 Å². The van der Waals surface area contributed by atoms with Gasteiger partial charge in [0.1, 0.15) is 10.0 Å². The predicted octanol–water partition coefficient (Wildman–Crippen LogP) is 2.77. The molecule has 0 aliphatic rings. The van der Waals surface area contributed by atoms with Crippen LogP contribution in [0.3, 0.4) is 0 Å². The number of aryl methyl sites for hydroxylation is 1. The first-order chi connectivity index (χ1) is 7.36. The molecule has 4 heteroatoms. The maximum absolute atomic E-state index is 4.20. The van der Waals surface area contributed by atoms with Crippen LogP contribution in [-0.4, -0.2) is 16.7 Å². The van der Waals surface area contributed by atoms with Gasteiger partial charge in [-0.2, -0.15) is 0 Å². The molecule has 0 saturated carbocycles. The second-order valence-corrected chi connectivity index (χ2v) is 4.83. The van der Waals surface area contributed by atoms with Crippen molar-refractivity contribution < 1.29 is 0 Å². The Morgan fingerprint density at radius 2 is 1.87 bits per heavy atom. The summed E-state index contributed by atoms with van der Waals surface area (Å²) in [5.74, 6) is 0. The summed E-state index contributed by atoms with van der Waals surface area (Å²) in [4.78, 5) is 0. The topological polar surface area (TPSA) is 37.8 Å². The van der Waals surface area contributed by atoms with Gasteiger partial charge in [0.25, 0.3) is 0 Å². The van der Waals surface area contributed by atoms with Crippen LogP contribution in [0.5, 0.6) is 0 Å². The zero-order valence-electron chi connectivity index (χ0n) is 9.75. The normalized spacial score (nSPS) is 10.8. The van der Waals surface area contributed by atoms with Gasteiger partial charge in [0, 0.05) is 13.0 Å². The Balaban J connectivity index is 2.20. The van der Waals surface area contributed by atoms with Gasteiger partial charge in [-0.25, -0.2) is 0 Å². The summed E-state index contributed by atoms with van der Waals surface area (Å²) in [6.07, 6.45) is 6.30. The molecule has 0 atom stereocenters.